The second-order valence-corrected chi connectivity index (χ2v) is 10.6. The molecule has 1 nitrogen and oxygen atoms in total. The summed E-state index contributed by atoms with van der Waals surface area (Å²) < 4.78 is 0. The van der Waals surface area contributed by atoms with E-state index >= 15 is 0 Å². The Kier molecular flexibility index (Phi) is 3.61. The molecule has 0 unspecified atom stereocenters. The minimum Gasteiger partial charge on any atom is -0.311 e. The molecule has 0 saturated carbocycles. The predicted molar refractivity (Wildman–Crippen MR) is 160 cm³/mol. The van der Waals surface area contributed by atoms with Gasteiger partial charge in [0, 0.05) is 16.8 Å². The average molecular weight is 467 g/mol. The summed E-state index contributed by atoms with van der Waals surface area (Å²) in [5, 5.41) is 7.94. The van der Waals surface area contributed by atoms with Crippen LogP contribution in [0.25, 0.3) is 43.4 Å². The fraction of sp³-hybridized carbons (Fsp3) is 0.0286. The van der Waals surface area contributed by atoms with E-state index < -0.39 is 0 Å². The summed E-state index contributed by atoms with van der Waals surface area (Å²) in [5.41, 5.74) is 12.1. The molecule has 170 valence electrons. The Labute approximate surface area is 216 Å². The second-order valence-electron chi connectivity index (χ2n) is 10.6. The molecule has 0 saturated heterocycles. The maximum absolute atomic E-state index is 2.54. The summed E-state index contributed by atoms with van der Waals surface area (Å²) in [6.07, 6.45) is 0. The van der Waals surface area contributed by atoms with Gasteiger partial charge >= 0.3 is 0 Å². The molecule has 0 aromatic heterocycles. The summed E-state index contributed by atoms with van der Waals surface area (Å²) in [4.78, 5) is 2.54. The van der Waals surface area contributed by atoms with Crippen molar-refractivity contribution in [3.05, 3.63) is 121 Å². The first-order valence-electron chi connectivity index (χ1n) is 13.1. The van der Waals surface area contributed by atoms with Crippen molar-refractivity contribution in [2.45, 2.75) is 6.92 Å². The highest BCUT2D eigenvalue weighted by molar-refractivity contribution is 7.01. The lowest BCUT2D eigenvalue weighted by Gasteiger charge is -2.37. The van der Waals surface area contributed by atoms with Gasteiger partial charge in [-0.3, -0.25) is 0 Å². The minimum atomic E-state index is 0.272. The Morgan fingerprint density at radius 3 is 2.08 bits per heavy atom. The van der Waals surface area contributed by atoms with E-state index in [1.807, 2.05) is 0 Å². The summed E-state index contributed by atoms with van der Waals surface area (Å²) in [7, 11) is 0. The zero-order valence-corrected chi connectivity index (χ0v) is 20.5. The van der Waals surface area contributed by atoms with Crippen LogP contribution in [0.2, 0.25) is 0 Å². The summed E-state index contributed by atoms with van der Waals surface area (Å²) in [5.74, 6) is 0. The van der Waals surface area contributed by atoms with E-state index in [9.17, 15) is 0 Å². The van der Waals surface area contributed by atoms with Crippen molar-refractivity contribution in [2.75, 3.05) is 4.90 Å². The van der Waals surface area contributed by atoms with Crippen LogP contribution in [0, 0.1) is 6.92 Å². The van der Waals surface area contributed by atoms with Gasteiger partial charge < -0.3 is 4.90 Å². The molecule has 2 heterocycles. The fourth-order valence-corrected chi connectivity index (χ4v) is 7.20. The first kappa shape index (κ1) is 19.6. The van der Waals surface area contributed by atoms with Crippen LogP contribution in [0.4, 0.5) is 17.1 Å². The highest BCUT2D eigenvalue weighted by atomic mass is 15.2. The molecule has 2 aliphatic heterocycles. The van der Waals surface area contributed by atoms with Crippen LogP contribution in [0.5, 0.6) is 0 Å². The van der Waals surface area contributed by atoms with Gasteiger partial charge in [0.05, 0.1) is 5.69 Å². The van der Waals surface area contributed by atoms with Gasteiger partial charge in [0.15, 0.2) is 0 Å². The van der Waals surface area contributed by atoms with Crippen LogP contribution >= 0.6 is 0 Å². The molecule has 0 spiro atoms. The van der Waals surface area contributed by atoms with Crippen LogP contribution in [-0.2, 0) is 0 Å². The van der Waals surface area contributed by atoms with Crippen molar-refractivity contribution in [3.8, 4) is 11.1 Å². The number of aryl methyl sites for hydroxylation is 1. The van der Waals surface area contributed by atoms with Gasteiger partial charge in [0.1, 0.15) is 0 Å². The van der Waals surface area contributed by atoms with E-state index in [1.54, 1.807) is 0 Å². The van der Waals surface area contributed by atoms with E-state index in [1.165, 1.54) is 82.5 Å². The second kappa shape index (κ2) is 6.81. The zero-order valence-electron chi connectivity index (χ0n) is 20.5. The van der Waals surface area contributed by atoms with Crippen molar-refractivity contribution in [1.29, 1.82) is 0 Å². The van der Waals surface area contributed by atoms with E-state index in [-0.39, 0.29) is 6.71 Å². The Morgan fingerprint density at radius 2 is 1.22 bits per heavy atom. The number of hydrogen-bond acceptors (Lipinski definition) is 1. The number of para-hydroxylation sites is 1. The quantitative estimate of drug-likeness (QED) is 0.183. The molecule has 9 rings (SSSR count). The van der Waals surface area contributed by atoms with Crippen LogP contribution < -0.4 is 21.3 Å². The Bertz CT molecular complexity index is 2060. The van der Waals surface area contributed by atoms with E-state index in [0.717, 1.165) is 0 Å². The molecular weight excluding hydrogens is 445 g/mol. The van der Waals surface area contributed by atoms with Gasteiger partial charge in [-0.2, -0.15) is 0 Å². The Morgan fingerprint density at radius 1 is 0.514 bits per heavy atom. The maximum Gasteiger partial charge on any atom is 0.248 e. The zero-order chi connectivity index (χ0) is 24.2. The summed E-state index contributed by atoms with van der Waals surface area (Å²) in [6.45, 7) is 2.50. The predicted octanol–water partition coefficient (Wildman–Crippen LogP) is 7.17. The van der Waals surface area contributed by atoms with Crippen molar-refractivity contribution < 1.29 is 0 Å². The molecule has 2 aliphatic rings. The number of anilines is 3. The molecule has 0 N–H and O–H groups in total. The minimum absolute atomic E-state index is 0.272. The molecule has 37 heavy (non-hydrogen) atoms. The summed E-state index contributed by atoms with van der Waals surface area (Å²) in [6, 6.07) is 43.2. The number of rotatable bonds is 1. The third-order valence-electron chi connectivity index (χ3n) is 8.63. The lowest BCUT2D eigenvalue weighted by molar-refractivity contribution is 1.30. The molecular formula is C35H22BN. The fourth-order valence-electron chi connectivity index (χ4n) is 7.20. The lowest BCUT2D eigenvalue weighted by Crippen LogP contribution is -2.54. The summed E-state index contributed by atoms with van der Waals surface area (Å²) >= 11 is 0. The molecule has 0 fully saturated rings. The van der Waals surface area contributed by atoms with Gasteiger partial charge in [-0.05, 0) is 79.7 Å². The molecule has 0 aliphatic carbocycles. The van der Waals surface area contributed by atoms with Gasteiger partial charge in [0.2, 0.25) is 6.71 Å². The molecule has 0 atom stereocenters. The van der Waals surface area contributed by atoms with Crippen molar-refractivity contribution in [1.82, 2.24) is 0 Å². The lowest BCUT2D eigenvalue weighted by atomic mass is 9.37. The van der Waals surface area contributed by atoms with Crippen LogP contribution in [0.15, 0.2) is 115 Å². The van der Waals surface area contributed by atoms with E-state index in [4.69, 9.17) is 0 Å². The Balaban J connectivity index is 1.43. The van der Waals surface area contributed by atoms with Gasteiger partial charge in [-0.1, -0.05) is 103 Å². The normalized spacial score (nSPS) is 13.4. The molecule has 0 radical (unpaired) electrons. The number of hydrogen-bond donors (Lipinski definition) is 0. The first-order valence-corrected chi connectivity index (χ1v) is 13.1. The van der Waals surface area contributed by atoms with Crippen LogP contribution in [-0.4, -0.2) is 6.71 Å². The maximum atomic E-state index is 2.54. The number of nitrogens with zero attached hydrogens (tertiary/aromatic N) is 1. The van der Waals surface area contributed by atoms with Gasteiger partial charge in [0.25, 0.3) is 0 Å². The van der Waals surface area contributed by atoms with Crippen LogP contribution in [0.1, 0.15) is 5.56 Å². The smallest absolute Gasteiger partial charge is 0.248 e. The molecule has 2 heteroatoms. The molecule has 7 aromatic carbocycles. The van der Waals surface area contributed by atoms with Crippen molar-refractivity contribution in [3.63, 3.8) is 0 Å². The Hall–Kier alpha value is -4.56. The third kappa shape index (κ3) is 2.41. The van der Waals surface area contributed by atoms with E-state index in [0.29, 0.717) is 0 Å². The van der Waals surface area contributed by atoms with Gasteiger partial charge in [-0.25, -0.2) is 0 Å². The first-order chi connectivity index (χ1) is 18.3. The highest BCUT2D eigenvalue weighted by Crippen LogP contribution is 2.46. The topological polar surface area (TPSA) is 3.24 Å². The number of benzene rings is 7. The molecule has 0 amide bonds. The SMILES string of the molecule is Cc1cc2c3c(c1)N(c1ccc4ccc5cccc6ccc1c4c56)c1ccccc1B3c1ccccc1-2. The largest absolute Gasteiger partial charge is 0.311 e. The van der Waals surface area contributed by atoms with Gasteiger partial charge in [-0.15, -0.1) is 0 Å². The standard InChI is InChI=1S/C35H22BN/c1-21-19-27-25-9-2-3-10-28(25)36-29-11-4-5-12-31(29)37(32(20-21)35(27)36)30-18-16-24-14-13-22-7-6-8-23-15-17-26(30)34(24)33(22)23/h2-20H,1H3. The average Bonchev–Trinajstić information content (AvgIpc) is 3.27. The third-order valence-corrected chi connectivity index (χ3v) is 8.63. The van der Waals surface area contributed by atoms with Crippen molar-refractivity contribution >= 4 is 72.5 Å². The van der Waals surface area contributed by atoms with Crippen molar-refractivity contribution in [2.24, 2.45) is 0 Å². The molecule has 7 aromatic rings. The monoisotopic (exact) mass is 467 g/mol. The highest BCUT2D eigenvalue weighted by Gasteiger charge is 2.42. The van der Waals surface area contributed by atoms with E-state index in [2.05, 4.69) is 127 Å². The molecule has 0 bridgehead atoms. The number of fused-ring (bicyclic) bond motifs is 5. The van der Waals surface area contributed by atoms with Crippen LogP contribution in [0.3, 0.4) is 0 Å².